The van der Waals surface area contributed by atoms with E-state index in [-0.39, 0.29) is 5.69 Å². The molecule has 2 aromatic carbocycles. The maximum absolute atomic E-state index is 10.6. The topological polar surface area (TPSA) is 72.1 Å². The third kappa shape index (κ3) is 2.75. The summed E-state index contributed by atoms with van der Waals surface area (Å²) >= 11 is 4.89. The maximum Gasteiger partial charge on any atom is 0.269 e. The molecule has 0 aliphatic rings. The second kappa shape index (κ2) is 5.34. The molecule has 21 heavy (non-hydrogen) atoms. The summed E-state index contributed by atoms with van der Waals surface area (Å²) in [6.07, 6.45) is 1.71. The lowest BCUT2D eigenvalue weighted by atomic mass is 10.0. The predicted octanol–water partition coefficient (Wildman–Crippen LogP) is 4.58. The van der Waals surface area contributed by atoms with Crippen LogP contribution in [0.25, 0.3) is 22.5 Å². The van der Waals surface area contributed by atoms with Crippen LogP contribution in [0.5, 0.6) is 0 Å². The molecule has 0 bridgehead atoms. The van der Waals surface area contributed by atoms with Gasteiger partial charge in [0.1, 0.15) is 0 Å². The molecule has 5 nitrogen and oxygen atoms in total. The Kier molecular flexibility index (Phi) is 3.37. The zero-order valence-electron chi connectivity index (χ0n) is 10.8. The van der Waals surface area contributed by atoms with Gasteiger partial charge < -0.3 is 9.40 Å². The summed E-state index contributed by atoms with van der Waals surface area (Å²) < 4.78 is 5.34. The monoisotopic (exact) mass is 298 g/mol. The molecule has 0 aliphatic heterocycles. The van der Waals surface area contributed by atoms with Gasteiger partial charge in [-0.3, -0.25) is 10.1 Å². The van der Waals surface area contributed by atoms with Crippen molar-refractivity contribution in [3.63, 3.8) is 0 Å². The van der Waals surface area contributed by atoms with E-state index in [2.05, 4.69) is 4.98 Å². The Morgan fingerprint density at radius 2 is 1.48 bits per heavy atom. The fourth-order valence-corrected chi connectivity index (χ4v) is 2.18. The van der Waals surface area contributed by atoms with Gasteiger partial charge in [-0.25, -0.2) is 0 Å². The number of hydrogen-bond donors (Lipinski definition) is 1. The summed E-state index contributed by atoms with van der Waals surface area (Å²) in [5.41, 5.74) is 2.89. The molecule has 0 radical (unpaired) electrons. The van der Waals surface area contributed by atoms with Crippen LogP contribution in [0.1, 0.15) is 0 Å². The Balaban J connectivity index is 1.90. The molecule has 0 aliphatic carbocycles. The Bertz CT molecular complexity index is 832. The van der Waals surface area contributed by atoms with Crippen LogP contribution < -0.4 is 0 Å². The summed E-state index contributed by atoms with van der Waals surface area (Å²) in [6.45, 7) is 0. The van der Waals surface area contributed by atoms with Crippen molar-refractivity contribution in [2.24, 2.45) is 0 Å². The molecule has 1 N–H and O–H groups in total. The van der Waals surface area contributed by atoms with E-state index in [1.807, 2.05) is 24.3 Å². The number of non-ortho nitro benzene ring substituents is 1. The molecule has 1 aromatic heterocycles. The number of hydrogen-bond acceptors (Lipinski definition) is 4. The summed E-state index contributed by atoms with van der Waals surface area (Å²) in [6, 6.07) is 14.1. The zero-order valence-corrected chi connectivity index (χ0v) is 11.6. The summed E-state index contributed by atoms with van der Waals surface area (Å²) in [4.78, 5) is 13.4. The second-order valence-corrected chi connectivity index (χ2v) is 4.79. The maximum atomic E-state index is 10.6. The van der Waals surface area contributed by atoms with E-state index in [9.17, 15) is 10.1 Å². The fraction of sp³-hybridized carbons (Fsp3) is 0. The molecule has 0 saturated heterocycles. The van der Waals surface area contributed by atoms with E-state index in [1.165, 1.54) is 12.1 Å². The quantitative estimate of drug-likeness (QED) is 0.436. The van der Waals surface area contributed by atoms with E-state index in [1.54, 1.807) is 18.3 Å². The molecule has 0 unspecified atom stereocenters. The average Bonchev–Trinajstić information content (AvgIpc) is 2.94. The van der Waals surface area contributed by atoms with E-state index >= 15 is 0 Å². The minimum Gasteiger partial charge on any atom is -0.429 e. The minimum absolute atomic E-state index is 0.0828. The first-order valence-electron chi connectivity index (χ1n) is 6.17. The van der Waals surface area contributed by atoms with Crippen LogP contribution in [0.4, 0.5) is 5.69 Å². The number of benzene rings is 2. The Morgan fingerprint density at radius 1 is 0.952 bits per heavy atom. The molecular weight excluding hydrogens is 288 g/mol. The van der Waals surface area contributed by atoms with Gasteiger partial charge in [0.15, 0.2) is 5.76 Å². The highest BCUT2D eigenvalue weighted by Crippen LogP contribution is 2.26. The van der Waals surface area contributed by atoms with Gasteiger partial charge in [0, 0.05) is 23.9 Å². The van der Waals surface area contributed by atoms with Crippen LogP contribution in [0.3, 0.4) is 0 Å². The molecule has 6 heteroatoms. The van der Waals surface area contributed by atoms with Crippen molar-refractivity contribution in [3.8, 4) is 22.5 Å². The molecular formula is C15H10N2O3S. The molecule has 0 atom stereocenters. The fourth-order valence-electron chi connectivity index (χ4n) is 2.03. The van der Waals surface area contributed by atoms with Gasteiger partial charge >= 0.3 is 0 Å². The molecule has 3 rings (SSSR count). The van der Waals surface area contributed by atoms with Crippen molar-refractivity contribution in [3.05, 3.63) is 69.7 Å². The van der Waals surface area contributed by atoms with Crippen LogP contribution in [0.2, 0.25) is 0 Å². The number of H-pyrrole nitrogens is 1. The lowest BCUT2D eigenvalue weighted by Crippen LogP contribution is -1.87. The minimum atomic E-state index is -0.410. The highest BCUT2D eigenvalue weighted by atomic mass is 32.1. The number of oxazole rings is 1. The number of aromatic nitrogens is 1. The van der Waals surface area contributed by atoms with Gasteiger partial charge in [0.05, 0.1) is 4.92 Å². The van der Waals surface area contributed by atoms with Crippen molar-refractivity contribution in [2.45, 2.75) is 0 Å². The van der Waals surface area contributed by atoms with Gasteiger partial charge in [0.2, 0.25) is 0 Å². The second-order valence-electron chi connectivity index (χ2n) is 4.42. The largest absolute Gasteiger partial charge is 0.429 e. The molecule has 1 heterocycles. The van der Waals surface area contributed by atoms with E-state index in [0.29, 0.717) is 10.6 Å². The summed E-state index contributed by atoms with van der Waals surface area (Å²) in [5, 5.41) is 10.6. The van der Waals surface area contributed by atoms with Crippen LogP contribution in [0, 0.1) is 15.0 Å². The van der Waals surface area contributed by atoms with Gasteiger partial charge in [-0.15, -0.1) is 0 Å². The van der Waals surface area contributed by atoms with Crippen LogP contribution in [-0.2, 0) is 0 Å². The van der Waals surface area contributed by atoms with E-state index in [0.717, 1.165) is 16.7 Å². The molecule has 3 aromatic rings. The Hall–Kier alpha value is -2.73. The number of nitrogens with one attached hydrogen (secondary N) is 1. The third-order valence-corrected chi connectivity index (χ3v) is 3.31. The van der Waals surface area contributed by atoms with Crippen LogP contribution >= 0.6 is 12.2 Å². The number of aromatic amines is 1. The molecule has 0 fully saturated rings. The third-order valence-electron chi connectivity index (χ3n) is 3.10. The predicted molar refractivity (Wildman–Crippen MR) is 81.4 cm³/mol. The summed E-state index contributed by atoms with van der Waals surface area (Å²) in [5.74, 6) is 0.676. The van der Waals surface area contributed by atoms with Gasteiger partial charge in [-0.1, -0.05) is 24.3 Å². The first-order valence-corrected chi connectivity index (χ1v) is 6.58. The van der Waals surface area contributed by atoms with Crippen molar-refractivity contribution < 1.29 is 9.34 Å². The highest BCUT2D eigenvalue weighted by molar-refractivity contribution is 7.71. The number of rotatable bonds is 3. The zero-order chi connectivity index (χ0) is 14.8. The van der Waals surface area contributed by atoms with Crippen molar-refractivity contribution in [2.75, 3.05) is 0 Å². The normalized spacial score (nSPS) is 10.5. The van der Waals surface area contributed by atoms with Crippen molar-refractivity contribution in [1.29, 1.82) is 0 Å². The average molecular weight is 298 g/mol. The molecule has 0 saturated carbocycles. The Labute approximate surface area is 125 Å². The van der Waals surface area contributed by atoms with E-state index < -0.39 is 4.92 Å². The number of nitrogens with zero attached hydrogens (tertiary/aromatic N) is 1. The van der Waals surface area contributed by atoms with Crippen LogP contribution in [-0.4, -0.2) is 9.91 Å². The van der Waals surface area contributed by atoms with Gasteiger partial charge in [-0.05, 0) is 35.5 Å². The van der Waals surface area contributed by atoms with Crippen LogP contribution in [0.15, 0.2) is 59.1 Å². The van der Waals surface area contributed by atoms with Gasteiger partial charge in [0.25, 0.3) is 10.5 Å². The van der Waals surface area contributed by atoms with Gasteiger partial charge in [-0.2, -0.15) is 0 Å². The number of nitro benzene ring substituents is 1. The lowest BCUT2D eigenvalue weighted by molar-refractivity contribution is -0.384. The highest BCUT2D eigenvalue weighted by Gasteiger charge is 2.06. The smallest absolute Gasteiger partial charge is 0.269 e. The molecule has 0 amide bonds. The number of nitro groups is 1. The summed E-state index contributed by atoms with van der Waals surface area (Å²) in [7, 11) is 0. The SMILES string of the molecule is O=[N+]([O-])c1ccc(-c2ccc(-c3c[nH]c(=S)o3)cc2)cc1. The standard InChI is InChI=1S/C15H10N2O3S/c18-17(19)13-7-5-11(6-8-13)10-1-3-12(4-2-10)14-9-16-15(21)20-14/h1-9H,(H,16,21). The van der Waals surface area contributed by atoms with Crippen molar-refractivity contribution >= 4 is 17.9 Å². The van der Waals surface area contributed by atoms with Crippen molar-refractivity contribution in [1.82, 2.24) is 4.98 Å². The molecule has 104 valence electrons. The lowest BCUT2D eigenvalue weighted by Gasteiger charge is -2.02. The first-order chi connectivity index (χ1) is 10.1. The first kappa shape index (κ1) is 13.3. The Morgan fingerprint density at radius 3 is 1.95 bits per heavy atom. The molecule has 0 spiro atoms. The van der Waals surface area contributed by atoms with E-state index in [4.69, 9.17) is 16.6 Å².